The molecule has 0 fully saturated rings. The van der Waals surface area contributed by atoms with Crippen molar-refractivity contribution in [1.82, 2.24) is 9.88 Å². The fourth-order valence-corrected chi connectivity index (χ4v) is 2.42. The quantitative estimate of drug-likeness (QED) is 0.775. The van der Waals surface area contributed by atoms with Crippen LogP contribution >= 0.6 is 0 Å². The molecule has 2 rings (SSSR count). The van der Waals surface area contributed by atoms with E-state index >= 15 is 0 Å². The molecule has 0 bridgehead atoms. The number of rotatable bonds is 8. The molecule has 2 aromatic rings. The summed E-state index contributed by atoms with van der Waals surface area (Å²) in [5.74, 6) is 0. The van der Waals surface area contributed by atoms with Crippen molar-refractivity contribution in [2.75, 3.05) is 6.61 Å². The Balaban J connectivity index is 1.89. The topological polar surface area (TPSA) is 37.2 Å². The van der Waals surface area contributed by atoms with Crippen LogP contribution in [-0.4, -0.2) is 22.3 Å². The molecule has 0 aliphatic rings. The molecular weight excluding hydrogens is 248 g/mol. The van der Waals surface area contributed by atoms with E-state index in [4.69, 9.17) is 0 Å². The zero-order valence-electron chi connectivity index (χ0n) is 12.1. The zero-order valence-corrected chi connectivity index (χ0v) is 12.1. The van der Waals surface area contributed by atoms with Gasteiger partial charge in [0.2, 0.25) is 0 Å². The molecule has 0 amide bonds. The summed E-state index contributed by atoms with van der Waals surface area (Å²) in [6.07, 6.45) is 4.10. The minimum Gasteiger partial charge on any atom is -0.395 e. The second-order valence-corrected chi connectivity index (χ2v) is 5.14. The Bertz CT molecular complexity index is 493. The van der Waals surface area contributed by atoms with E-state index in [0.29, 0.717) is 0 Å². The van der Waals surface area contributed by atoms with E-state index in [2.05, 4.69) is 47.3 Å². The Kier molecular flexibility index (Phi) is 5.84. The van der Waals surface area contributed by atoms with Gasteiger partial charge in [-0.1, -0.05) is 37.3 Å². The molecule has 20 heavy (non-hydrogen) atoms. The average molecular weight is 272 g/mol. The third kappa shape index (κ3) is 4.22. The van der Waals surface area contributed by atoms with Gasteiger partial charge in [0.1, 0.15) is 0 Å². The van der Waals surface area contributed by atoms with Gasteiger partial charge in [0.25, 0.3) is 0 Å². The largest absolute Gasteiger partial charge is 0.395 e. The summed E-state index contributed by atoms with van der Waals surface area (Å²) >= 11 is 0. The van der Waals surface area contributed by atoms with Crippen LogP contribution in [0.2, 0.25) is 0 Å². The fraction of sp³-hybridized carbons (Fsp3) is 0.412. The van der Waals surface area contributed by atoms with E-state index in [1.54, 1.807) is 0 Å². The lowest BCUT2D eigenvalue weighted by molar-refractivity contribution is 0.240. The number of nitrogens with one attached hydrogen (secondary N) is 1. The molecule has 0 aliphatic carbocycles. The van der Waals surface area contributed by atoms with Gasteiger partial charge in [-0.25, -0.2) is 0 Å². The highest BCUT2D eigenvalue weighted by molar-refractivity contribution is 5.16. The first-order valence-electron chi connectivity index (χ1n) is 7.35. The zero-order chi connectivity index (χ0) is 14.2. The first kappa shape index (κ1) is 14.8. The van der Waals surface area contributed by atoms with Crippen LogP contribution in [0.5, 0.6) is 0 Å². The van der Waals surface area contributed by atoms with Crippen molar-refractivity contribution >= 4 is 0 Å². The molecule has 1 heterocycles. The summed E-state index contributed by atoms with van der Waals surface area (Å²) in [4.78, 5) is 0. The minimum absolute atomic E-state index is 0.0994. The van der Waals surface area contributed by atoms with E-state index in [0.717, 1.165) is 25.9 Å². The van der Waals surface area contributed by atoms with Crippen molar-refractivity contribution in [3.8, 4) is 0 Å². The predicted molar refractivity (Wildman–Crippen MR) is 82.6 cm³/mol. The maximum Gasteiger partial charge on any atom is 0.0588 e. The number of aliphatic hydroxyl groups is 1. The van der Waals surface area contributed by atoms with Gasteiger partial charge in [0, 0.05) is 31.0 Å². The van der Waals surface area contributed by atoms with Crippen molar-refractivity contribution in [2.45, 2.75) is 38.9 Å². The number of aliphatic hydroxyl groups excluding tert-OH is 1. The van der Waals surface area contributed by atoms with E-state index in [-0.39, 0.29) is 12.6 Å². The predicted octanol–water partition coefficient (Wildman–Crippen LogP) is 2.59. The minimum atomic E-state index is 0.0994. The normalized spacial score (nSPS) is 12.5. The molecule has 0 saturated heterocycles. The first-order valence-corrected chi connectivity index (χ1v) is 7.35. The Morgan fingerprint density at radius 2 is 1.95 bits per heavy atom. The highest BCUT2D eigenvalue weighted by Crippen LogP contribution is 2.06. The number of aryl methyl sites for hydroxylation is 1. The van der Waals surface area contributed by atoms with Gasteiger partial charge in [-0.15, -0.1) is 0 Å². The molecule has 1 unspecified atom stereocenters. The number of hydrogen-bond donors (Lipinski definition) is 2. The molecule has 0 spiro atoms. The lowest BCUT2D eigenvalue weighted by Crippen LogP contribution is -2.34. The van der Waals surface area contributed by atoms with Gasteiger partial charge in [-0.05, 0) is 30.5 Å². The number of aromatic nitrogens is 1. The Morgan fingerprint density at radius 1 is 1.15 bits per heavy atom. The third-order valence-corrected chi connectivity index (χ3v) is 3.51. The van der Waals surface area contributed by atoms with Crippen molar-refractivity contribution in [3.05, 3.63) is 59.9 Å². The van der Waals surface area contributed by atoms with Gasteiger partial charge in [0.05, 0.1) is 6.61 Å². The van der Waals surface area contributed by atoms with Crippen LogP contribution in [-0.2, 0) is 19.5 Å². The maximum absolute atomic E-state index is 9.52. The lowest BCUT2D eigenvalue weighted by Gasteiger charge is -2.17. The highest BCUT2D eigenvalue weighted by Gasteiger charge is 2.09. The lowest BCUT2D eigenvalue weighted by atomic mass is 10.1. The Labute approximate surface area is 121 Å². The smallest absolute Gasteiger partial charge is 0.0588 e. The summed E-state index contributed by atoms with van der Waals surface area (Å²) in [5.41, 5.74) is 2.53. The van der Waals surface area contributed by atoms with Gasteiger partial charge >= 0.3 is 0 Å². The SMILES string of the molecule is CCCn1cccc1CNC(CO)Cc1ccccc1. The molecule has 1 aromatic heterocycles. The third-order valence-electron chi connectivity index (χ3n) is 3.51. The van der Waals surface area contributed by atoms with Gasteiger partial charge < -0.3 is 15.0 Å². The average Bonchev–Trinajstić information content (AvgIpc) is 2.92. The van der Waals surface area contributed by atoms with Crippen LogP contribution < -0.4 is 5.32 Å². The molecule has 0 radical (unpaired) electrons. The number of benzene rings is 1. The van der Waals surface area contributed by atoms with Crippen LogP contribution in [0.25, 0.3) is 0 Å². The summed E-state index contributed by atoms with van der Waals surface area (Å²) < 4.78 is 2.27. The second-order valence-electron chi connectivity index (χ2n) is 5.14. The van der Waals surface area contributed by atoms with Crippen LogP contribution in [0.4, 0.5) is 0 Å². The standard InChI is InChI=1S/C17H24N2O/c1-2-10-19-11-6-9-17(19)13-18-16(14-20)12-15-7-4-3-5-8-15/h3-9,11,16,18,20H,2,10,12-14H2,1H3. The summed E-state index contributed by atoms with van der Waals surface area (Å²) in [7, 11) is 0. The second kappa shape index (κ2) is 7.88. The van der Waals surface area contributed by atoms with Gasteiger partial charge in [-0.3, -0.25) is 0 Å². The van der Waals surface area contributed by atoms with Gasteiger partial charge in [0.15, 0.2) is 0 Å². The summed E-state index contributed by atoms with van der Waals surface area (Å²) in [5, 5.41) is 13.0. The summed E-state index contributed by atoms with van der Waals surface area (Å²) in [6.45, 7) is 4.18. The van der Waals surface area contributed by atoms with E-state index in [1.165, 1.54) is 11.3 Å². The van der Waals surface area contributed by atoms with E-state index < -0.39 is 0 Å². The molecule has 108 valence electrons. The summed E-state index contributed by atoms with van der Waals surface area (Å²) in [6, 6.07) is 14.6. The van der Waals surface area contributed by atoms with Crippen molar-refractivity contribution in [2.24, 2.45) is 0 Å². The molecule has 2 N–H and O–H groups in total. The molecule has 1 aromatic carbocycles. The van der Waals surface area contributed by atoms with Crippen molar-refractivity contribution in [1.29, 1.82) is 0 Å². The molecular formula is C17H24N2O. The molecule has 3 heteroatoms. The Hall–Kier alpha value is -1.58. The van der Waals surface area contributed by atoms with Crippen LogP contribution in [0.1, 0.15) is 24.6 Å². The fourth-order valence-electron chi connectivity index (χ4n) is 2.42. The maximum atomic E-state index is 9.52. The van der Waals surface area contributed by atoms with Crippen molar-refractivity contribution < 1.29 is 5.11 Å². The van der Waals surface area contributed by atoms with E-state index in [1.807, 2.05) is 18.2 Å². The Morgan fingerprint density at radius 3 is 2.65 bits per heavy atom. The van der Waals surface area contributed by atoms with Gasteiger partial charge in [-0.2, -0.15) is 0 Å². The number of hydrogen-bond acceptors (Lipinski definition) is 2. The number of nitrogens with zero attached hydrogens (tertiary/aromatic N) is 1. The van der Waals surface area contributed by atoms with Crippen LogP contribution in [0.15, 0.2) is 48.7 Å². The molecule has 1 atom stereocenters. The van der Waals surface area contributed by atoms with Crippen LogP contribution in [0.3, 0.4) is 0 Å². The molecule has 3 nitrogen and oxygen atoms in total. The van der Waals surface area contributed by atoms with Crippen molar-refractivity contribution in [3.63, 3.8) is 0 Å². The van der Waals surface area contributed by atoms with E-state index in [9.17, 15) is 5.11 Å². The molecule has 0 aliphatic heterocycles. The first-order chi connectivity index (χ1) is 9.83. The highest BCUT2D eigenvalue weighted by atomic mass is 16.3. The molecule has 0 saturated carbocycles. The monoisotopic (exact) mass is 272 g/mol. The van der Waals surface area contributed by atoms with Crippen LogP contribution in [0, 0.1) is 0 Å².